The number of carbonyl (C=O) groups excluding carboxylic acids is 1. The topological polar surface area (TPSA) is 55.1 Å². The van der Waals surface area contributed by atoms with Crippen LogP contribution in [0, 0.1) is 11.8 Å². The van der Waals surface area contributed by atoms with Gasteiger partial charge in [0.15, 0.2) is 0 Å². The molecule has 1 aromatic rings. The average molecular weight is 274 g/mol. The second-order valence-electron chi connectivity index (χ2n) is 6.09. The van der Waals surface area contributed by atoms with Gasteiger partial charge >= 0.3 is 0 Å². The third kappa shape index (κ3) is 3.60. The Bertz CT molecular complexity index is 458. The number of nitrogens with two attached hydrogens (primary N) is 1. The van der Waals surface area contributed by atoms with Crippen LogP contribution < -0.4 is 11.1 Å². The zero-order valence-corrected chi connectivity index (χ0v) is 12.6. The normalized spacial score (nSPS) is 26.2. The van der Waals surface area contributed by atoms with E-state index in [9.17, 15) is 4.79 Å². The van der Waals surface area contributed by atoms with E-state index < -0.39 is 0 Å². The van der Waals surface area contributed by atoms with E-state index in [0.29, 0.717) is 30.8 Å². The highest BCUT2D eigenvalue weighted by Crippen LogP contribution is 2.29. The van der Waals surface area contributed by atoms with Gasteiger partial charge in [0.1, 0.15) is 0 Å². The van der Waals surface area contributed by atoms with E-state index in [1.54, 1.807) is 0 Å². The fourth-order valence-electron chi connectivity index (χ4n) is 3.15. The van der Waals surface area contributed by atoms with Crippen LogP contribution in [0.1, 0.15) is 44.2 Å². The van der Waals surface area contributed by atoms with Crippen molar-refractivity contribution in [3.63, 3.8) is 0 Å². The number of rotatable bonds is 4. The summed E-state index contributed by atoms with van der Waals surface area (Å²) < 4.78 is 0. The number of amides is 1. The summed E-state index contributed by atoms with van der Waals surface area (Å²) in [6, 6.07) is 8.25. The summed E-state index contributed by atoms with van der Waals surface area (Å²) in [6.07, 6.45) is 4.04. The molecule has 3 heteroatoms. The lowest BCUT2D eigenvalue weighted by molar-refractivity contribution is -0.121. The molecule has 3 atom stereocenters. The van der Waals surface area contributed by atoms with Crippen molar-refractivity contribution in [1.82, 2.24) is 5.32 Å². The van der Waals surface area contributed by atoms with E-state index in [2.05, 4.69) is 19.2 Å². The molecule has 0 radical (unpaired) electrons. The molecule has 20 heavy (non-hydrogen) atoms. The molecule has 0 saturated heterocycles. The molecule has 0 aliphatic heterocycles. The first-order valence-electron chi connectivity index (χ1n) is 7.68. The number of carbonyl (C=O) groups is 1. The summed E-state index contributed by atoms with van der Waals surface area (Å²) in [6.45, 7) is 5.02. The summed E-state index contributed by atoms with van der Waals surface area (Å²) in [5.74, 6) is 1.39. The molecular weight excluding hydrogens is 248 g/mol. The Balaban J connectivity index is 1.95. The molecule has 3 unspecified atom stereocenters. The fraction of sp³-hybridized carbons (Fsp3) is 0.588. The molecule has 2 rings (SSSR count). The fourth-order valence-corrected chi connectivity index (χ4v) is 3.15. The van der Waals surface area contributed by atoms with Gasteiger partial charge < -0.3 is 11.1 Å². The van der Waals surface area contributed by atoms with Crippen LogP contribution in [0.5, 0.6) is 0 Å². The Kier molecular flexibility index (Phi) is 5.18. The lowest BCUT2D eigenvalue weighted by Gasteiger charge is -2.34. The van der Waals surface area contributed by atoms with Crippen LogP contribution in [-0.2, 0) is 17.8 Å². The summed E-state index contributed by atoms with van der Waals surface area (Å²) in [5, 5.41) is 3.22. The lowest BCUT2D eigenvalue weighted by atomic mass is 9.78. The van der Waals surface area contributed by atoms with Crippen LogP contribution in [0.15, 0.2) is 24.3 Å². The van der Waals surface area contributed by atoms with E-state index in [1.807, 2.05) is 24.3 Å². The third-order valence-corrected chi connectivity index (χ3v) is 4.74. The van der Waals surface area contributed by atoms with Crippen molar-refractivity contribution in [2.24, 2.45) is 17.6 Å². The first-order valence-corrected chi connectivity index (χ1v) is 7.68. The molecule has 1 fully saturated rings. The van der Waals surface area contributed by atoms with Crippen molar-refractivity contribution < 1.29 is 4.79 Å². The minimum atomic E-state index is 0.122. The molecule has 1 aliphatic carbocycles. The summed E-state index contributed by atoms with van der Waals surface area (Å²) >= 11 is 0. The van der Waals surface area contributed by atoms with E-state index in [4.69, 9.17) is 5.73 Å². The van der Waals surface area contributed by atoms with Crippen LogP contribution in [0.4, 0.5) is 0 Å². The van der Waals surface area contributed by atoms with Crippen molar-refractivity contribution in [2.75, 3.05) is 0 Å². The summed E-state index contributed by atoms with van der Waals surface area (Å²) in [4.78, 5) is 12.2. The van der Waals surface area contributed by atoms with Crippen LogP contribution >= 0.6 is 0 Å². The Morgan fingerprint density at radius 2 is 1.95 bits per heavy atom. The minimum Gasteiger partial charge on any atom is -0.353 e. The minimum absolute atomic E-state index is 0.122. The van der Waals surface area contributed by atoms with Gasteiger partial charge in [-0.15, -0.1) is 0 Å². The number of hydrogen-bond acceptors (Lipinski definition) is 2. The van der Waals surface area contributed by atoms with Crippen molar-refractivity contribution in [2.45, 2.75) is 52.1 Å². The van der Waals surface area contributed by atoms with Crippen LogP contribution in [0.2, 0.25) is 0 Å². The first-order chi connectivity index (χ1) is 9.61. The predicted octanol–water partition coefficient (Wildman–Crippen LogP) is 2.63. The smallest absolute Gasteiger partial charge is 0.224 e. The van der Waals surface area contributed by atoms with Crippen molar-refractivity contribution in [1.29, 1.82) is 0 Å². The lowest BCUT2D eigenvalue weighted by Crippen LogP contribution is -2.44. The largest absolute Gasteiger partial charge is 0.353 e. The van der Waals surface area contributed by atoms with Crippen molar-refractivity contribution in [3.05, 3.63) is 35.4 Å². The molecule has 1 saturated carbocycles. The maximum atomic E-state index is 12.2. The molecule has 3 N–H and O–H groups in total. The van der Waals surface area contributed by atoms with E-state index >= 15 is 0 Å². The van der Waals surface area contributed by atoms with Crippen molar-refractivity contribution in [3.8, 4) is 0 Å². The van der Waals surface area contributed by atoms with E-state index in [1.165, 1.54) is 12.8 Å². The first kappa shape index (κ1) is 15.0. The molecule has 110 valence electrons. The monoisotopic (exact) mass is 274 g/mol. The summed E-state index contributed by atoms with van der Waals surface area (Å²) in [5.41, 5.74) is 7.83. The highest BCUT2D eigenvalue weighted by atomic mass is 16.1. The Hall–Kier alpha value is -1.35. The SMILES string of the molecule is CC1CCCC(NC(=O)Cc2ccccc2CN)C1C. The quantitative estimate of drug-likeness (QED) is 0.887. The molecular formula is C17H26N2O. The molecule has 0 spiro atoms. The van der Waals surface area contributed by atoms with Crippen molar-refractivity contribution >= 4 is 5.91 Å². The third-order valence-electron chi connectivity index (χ3n) is 4.74. The van der Waals surface area contributed by atoms with E-state index in [0.717, 1.165) is 17.5 Å². The van der Waals surface area contributed by atoms with Crippen LogP contribution in [0.25, 0.3) is 0 Å². The van der Waals surface area contributed by atoms with Gasteiger partial charge in [0, 0.05) is 12.6 Å². The zero-order valence-electron chi connectivity index (χ0n) is 12.6. The van der Waals surface area contributed by atoms with Gasteiger partial charge in [0.05, 0.1) is 6.42 Å². The second kappa shape index (κ2) is 6.89. The van der Waals surface area contributed by atoms with Crippen LogP contribution in [0.3, 0.4) is 0 Å². The van der Waals surface area contributed by atoms with Gasteiger partial charge in [0.25, 0.3) is 0 Å². The second-order valence-corrected chi connectivity index (χ2v) is 6.09. The molecule has 3 nitrogen and oxygen atoms in total. The molecule has 1 amide bonds. The van der Waals surface area contributed by atoms with E-state index in [-0.39, 0.29) is 5.91 Å². The number of benzene rings is 1. The average Bonchev–Trinajstić information content (AvgIpc) is 2.44. The Labute approximate surface area is 121 Å². The van der Waals surface area contributed by atoms with Gasteiger partial charge in [-0.1, -0.05) is 51.0 Å². The highest BCUT2D eigenvalue weighted by molar-refractivity contribution is 5.79. The summed E-state index contributed by atoms with van der Waals surface area (Å²) in [7, 11) is 0. The van der Waals surface area contributed by atoms with Gasteiger partial charge in [-0.05, 0) is 29.4 Å². The Morgan fingerprint density at radius 1 is 1.25 bits per heavy atom. The van der Waals surface area contributed by atoms with Gasteiger partial charge in [0.2, 0.25) is 5.91 Å². The molecule has 0 aromatic heterocycles. The molecule has 0 heterocycles. The van der Waals surface area contributed by atoms with Gasteiger partial charge in [-0.2, -0.15) is 0 Å². The number of hydrogen-bond donors (Lipinski definition) is 2. The maximum absolute atomic E-state index is 12.2. The van der Waals surface area contributed by atoms with Gasteiger partial charge in [-0.25, -0.2) is 0 Å². The predicted molar refractivity (Wildman–Crippen MR) is 82.1 cm³/mol. The number of nitrogens with one attached hydrogen (secondary N) is 1. The van der Waals surface area contributed by atoms with Crippen LogP contribution in [-0.4, -0.2) is 11.9 Å². The zero-order chi connectivity index (χ0) is 14.5. The molecule has 0 bridgehead atoms. The Morgan fingerprint density at radius 3 is 2.65 bits per heavy atom. The van der Waals surface area contributed by atoms with Gasteiger partial charge in [-0.3, -0.25) is 4.79 Å². The highest BCUT2D eigenvalue weighted by Gasteiger charge is 2.28. The molecule has 1 aliphatic rings. The molecule has 1 aromatic carbocycles. The maximum Gasteiger partial charge on any atom is 0.224 e. The standard InChI is InChI=1S/C17H26N2O/c1-12-6-5-9-16(13(12)2)19-17(20)10-14-7-3-4-8-15(14)11-18/h3-4,7-8,12-13,16H,5-6,9-11,18H2,1-2H3,(H,19,20).